The summed E-state index contributed by atoms with van der Waals surface area (Å²) in [6.45, 7) is 8.22. The number of hydrogen-bond acceptors (Lipinski definition) is 4. The molecule has 2 aromatic carbocycles. The second-order valence-corrected chi connectivity index (χ2v) is 7.96. The third-order valence-electron chi connectivity index (χ3n) is 4.78. The molecule has 2 rings (SSSR count). The Morgan fingerprint density at radius 2 is 1.72 bits per heavy atom. The van der Waals surface area contributed by atoms with Crippen LogP contribution in [0.3, 0.4) is 0 Å². The number of rotatable bonds is 13. The van der Waals surface area contributed by atoms with Gasteiger partial charge in [-0.3, -0.25) is 0 Å². The molecule has 2 aromatic rings. The quantitative estimate of drug-likeness (QED) is 0.490. The number of benzene rings is 2. The maximum absolute atomic E-state index is 12.6. The predicted octanol–water partition coefficient (Wildman–Crippen LogP) is 3.97. The maximum Gasteiger partial charge on any atom is 0.333 e. The lowest BCUT2D eigenvalue weighted by molar-refractivity contribution is -0.149. The summed E-state index contributed by atoms with van der Waals surface area (Å²) in [6.07, 6.45) is -0.557. The Labute approximate surface area is 190 Å². The highest BCUT2D eigenvalue weighted by Gasteiger charge is 2.18. The van der Waals surface area contributed by atoms with Crippen LogP contribution in [-0.2, 0) is 22.5 Å². The second-order valence-electron chi connectivity index (χ2n) is 7.96. The normalized spacial score (nSPS) is 11.8. The zero-order valence-electron chi connectivity index (χ0n) is 19.1. The third kappa shape index (κ3) is 8.98. The van der Waals surface area contributed by atoms with Crippen molar-refractivity contribution < 1.29 is 24.2 Å². The first-order valence-corrected chi connectivity index (χ1v) is 11.0. The average molecular weight is 443 g/mol. The fourth-order valence-corrected chi connectivity index (χ4v) is 3.23. The van der Waals surface area contributed by atoms with Gasteiger partial charge in [-0.25, -0.2) is 9.59 Å². The van der Waals surface area contributed by atoms with Gasteiger partial charge in [0.2, 0.25) is 0 Å². The number of carbonyl (C=O) groups is 2. The number of amides is 2. The molecule has 7 nitrogen and oxygen atoms in total. The number of carbonyl (C=O) groups excluding carboxylic acids is 1. The van der Waals surface area contributed by atoms with Crippen molar-refractivity contribution in [3.63, 3.8) is 0 Å². The SMILES string of the molecule is CCOC(Cc1ccc(OCCN(CC(C)C)C(=O)NCc2ccccc2)cc1)C(=O)O. The van der Waals surface area contributed by atoms with Gasteiger partial charge in [-0.1, -0.05) is 56.3 Å². The van der Waals surface area contributed by atoms with Gasteiger partial charge in [0.1, 0.15) is 12.4 Å². The van der Waals surface area contributed by atoms with Crippen molar-refractivity contribution in [1.29, 1.82) is 0 Å². The van der Waals surface area contributed by atoms with E-state index in [-0.39, 0.29) is 6.03 Å². The molecule has 7 heteroatoms. The number of aliphatic carboxylic acids is 1. The lowest BCUT2D eigenvalue weighted by atomic mass is 10.1. The fraction of sp³-hybridized carbons (Fsp3) is 0.440. The number of carboxylic acid groups (broad SMARTS) is 1. The number of ether oxygens (including phenoxy) is 2. The van der Waals surface area contributed by atoms with Crippen LogP contribution in [0.1, 0.15) is 31.9 Å². The molecule has 0 saturated heterocycles. The molecule has 0 heterocycles. The van der Waals surface area contributed by atoms with Crippen LogP contribution in [0, 0.1) is 5.92 Å². The molecule has 32 heavy (non-hydrogen) atoms. The highest BCUT2D eigenvalue weighted by atomic mass is 16.5. The summed E-state index contributed by atoms with van der Waals surface area (Å²) >= 11 is 0. The minimum Gasteiger partial charge on any atom is -0.492 e. The summed E-state index contributed by atoms with van der Waals surface area (Å²) < 4.78 is 11.1. The number of urea groups is 1. The molecule has 0 radical (unpaired) electrons. The molecule has 0 fully saturated rings. The Kier molecular flexibility index (Phi) is 10.5. The highest BCUT2D eigenvalue weighted by molar-refractivity contribution is 5.74. The smallest absolute Gasteiger partial charge is 0.333 e. The first-order valence-electron chi connectivity index (χ1n) is 11.0. The van der Waals surface area contributed by atoms with Gasteiger partial charge in [0.15, 0.2) is 6.10 Å². The van der Waals surface area contributed by atoms with Crippen LogP contribution in [-0.4, -0.2) is 54.4 Å². The molecule has 0 aliphatic heterocycles. The summed E-state index contributed by atoms with van der Waals surface area (Å²) in [6, 6.07) is 17.0. The van der Waals surface area contributed by atoms with Crippen molar-refractivity contribution in [2.45, 2.75) is 39.8 Å². The molecule has 2 N–H and O–H groups in total. The Balaban J connectivity index is 1.84. The van der Waals surface area contributed by atoms with E-state index in [2.05, 4.69) is 19.2 Å². The van der Waals surface area contributed by atoms with Crippen LogP contribution in [0.5, 0.6) is 5.75 Å². The second kappa shape index (κ2) is 13.4. The molecule has 0 aromatic heterocycles. The Morgan fingerprint density at radius 1 is 1.03 bits per heavy atom. The Morgan fingerprint density at radius 3 is 2.31 bits per heavy atom. The van der Waals surface area contributed by atoms with Gasteiger partial charge in [0, 0.05) is 26.1 Å². The summed E-state index contributed by atoms with van der Waals surface area (Å²) in [4.78, 5) is 25.7. The van der Waals surface area contributed by atoms with Gasteiger partial charge in [0.05, 0.1) is 6.54 Å². The number of nitrogens with zero attached hydrogens (tertiary/aromatic N) is 1. The number of hydrogen-bond donors (Lipinski definition) is 2. The van der Waals surface area contributed by atoms with Crippen molar-refractivity contribution >= 4 is 12.0 Å². The van der Waals surface area contributed by atoms with E-state index in [0.717, 1.165) is 11.1 Å². The topological polar surface area (TPSA) is 88.1 Å². The summed E-state index contributed by atoms with van der Waals surface area (Å²) in [5, 5.41) is 12.2. The predicted molar refractivity (Wildman–Crippen MR) is 124 cm³/mol. The maximum atomic E-state index is 12.6. The van der Waals surface area contributed by atoms with E-state index < -0.39 is 12.1 Å². The molecular weight excluding hydrogens is 408 g/mol. The van der Waals surface area contributed by atoms with Crippen LogP contribution in [0.4, 0.5) is 4.79 Å². The molecule has 0 aliphatic carbocycles. The number of nitrogens with one attached hydrogen (secondary N) is 1. The van der Waals surface area contributed by atoms with E-state index >= 15 is 0 Å². The molecule has 1 atom stereocenters. The molecule has 0 aliphatic rings. The van der Waals surface area contributed by atoms with E-state index in [1.165, 1.54) is 0 Å². The molecule has 0 spiro atoms. The van der Waals surface area contributed by atoms with Crippen LogP contribution < -0.4 is 10.1 Å². The van der Waals surface area contributed by atoms with Crippen molar-refractivity contribution in [3.05, 3.63) is 65.7 Å². The van der Waals surface area contributed by atoms with Crippen molar-refractivity contribution in [3.8, 4) is 5.75 Å². The third-order valence-corrected chi connectivity index (χ3v) is 4.78. The molecule has 0 saturated carbocycles. The minimum atomic E-state index is -0.969. The molecule has 0 bridgehead atoms. The van der Waals surface area contributed by atoms with Crippen LogP contribution in [0.25, 0.3) is 0 Å². The summed E-state index contributed by atoms with van der Waals surface area (Å²) in [5.74, 6) is 0.0402. The highest BCUT2D eigenvalue weighted by Crippen LogP contribution is 2.15. The van der Waals surface area contributed by atoms with E-state index in [4.69, 9.17) is 9.47 Å². The van der Waals surface area contributed by atoms with Crippen LogP contribution in [0.2, 0.25) is 0 Å². The van der Waals surface area contributed by atoms with E-state index in [0.29, 0.717) is 50.9 Å². The Hall–Kier alpha value is -3.06. The first kappa shape index (κ1) is 25.2. The van der Waals surface area contributed by atoms with Crippen molar-refractivity contribution in [2.75, 3.05) is 26.3 Å². The monoisotopic (exact) mass is 442 g/mol. The molecule has 174 valence electrons. The summed E-state index contributed by atoms with van der Waals surface area (Å²) in [7, 11) is 0. The van der Waals surface area contributed by atoms with Gasteiger partial charge >= 0.3 is 12.0 Å². The van der Waals surface area contributed by atoms with Gasteiger partial charge in [-0.15, -0.1) is 0 Å². The zero-order chi connectivity index (χ0) is 23.3. The van der Waals surface area contributed by atoms with E-state index in [1.54, 1.807) is 11.8 Å². The lowest BCUT2D eigenvalue weighted by Gasteiger charge is -2.25. The first-order chi connectivity index (χ1) is 15.4. The number of carboxylic acids is 1. The standard InChI is InChI=1S/C25H34N2O5/c1-4-31-23(24(28)29)16-20-10-12-22(13-11-20)32-15-14-27(18-19(2)3)25(30)26-17-21-8-6-5-7-9-21/h5-13,19,23H,4,14-18H2,1-3H3,(H,26,30)(H,28,29). The van der Waals surface area contributed by atoms with Gasteiger partial charge in [0.25, 0.3) is 0 Å². The average Bonchev–Trinajstić information content (AvgIpc) is 2.78. The molecule has 1 unspecified atom stereocenters. The minimum absolute atomic E-state index is 0.114. The summed E-state index contributed by atoms with van der Waals surface area (Å²) in [5.41, 5.74) is 1.91. The van der Waals surface area contributed by atoms with Crippen molar-refractivity contribution in [1.82, 2.24) is 10.2 Å². The van der Waals surface area contributed by atoms with Crippen LogP contribution >= 0.6 is 0 Å². The van der Waals surface area contributed by atoms with E-state index in [9.17, 15) is 14.7 Å². The largest absolute Gasteiger partial charge is 0.492 e. The van der Waals surface area contributed by atoms with Gasteiger partial charge < -0.3 is 24.8 Å². The lowest BCUT2D eigenvalue weighted by Crippen LogP contribution is -2.43. The van der Waals surface area contributed by atoms with E-state index in [1.807, 2.05) is 54.6 Å². The van der Waals surface area contributed by atoms with Gasteiger partial charge in [-0.2, -0.15) is 0 Å². The fourth-order valence-electron chi connectivity index (χ4n) is 3.23. The molecule has 2 amide bonds. The van der Waals surface area contributed by atoms with Crippen LogP contribution in [0.15, 0.2) is 54.6 Å². The Bertz CT molecular complexity index is 824. The van der Waals surface area contributed by atoms with Gasteiger partial charge in [-0.05, 0) is 36.1 Å². The zero-order valence-corrected chi connectivity index (χ0v) is 19.1. The molecular formula is C25H34N2O5. The van der Waals surface area contributed by atoms with Crippen molar-refractivity contribution in [2.24, 2.45) is 5.92 Å².